The van der Waals surface area contributed by atoms with Gasteiger partial charge in [-0.2, -0.15) is 4.31 Å². The first-order valence-corrected chi connectivity index (χ1v) is 10.5. The summed E-state index contributed by atoms with van der Waals surface area (Å²) in [5.74, 6) is 0.636. The van der Waals surface area contributed by atoms with Crippen LogP contribution in [0.25, 0.3) is 0 Å². The van der Waals surface area contributed by atoms with E-state index in [1.54, 1.807) is 31.4 Å². The molecule has 1 amide bonds. The summed E-state index contributed by atoms with van der Waals surface area (Å²) in [5, 5.41) is 0. The summed E-state index contributed by atoms with van der Waals surface area (Å²) < 4.78 is 32.1. The van der Waals surface area contributed by atoms with E-state index in [2.05, 4.69) is 0 Å². The van der Waals surface area contributed by atoms with Gasteiger partial charge < -0.3 is 15.4 Å². The van der Waals surface area contributed by atoms with Crippen molar-refractivity contribution in [2.75, 3.05) is 33.3 Å². The zero-order valence-electron chi connectivity index (χ0n) is 15.5. The molecule has 2 N–H and O–H groups in total. The highest BCUT2D eigenvalue weighted by atomic mass is 35.5. The van der Waals surface area contributed by atoms with Gasteiger partial charge in [0.2, 0.25) is 15.9 Å². The second kappa shape index (κ2) is 9.23. The second-order valence-electron chi connectivity index (χ2n) is 7.04. The van der Waals surface area contributed by atoms with Gasteiger partial charge in [-0.1, -0.05) is 0 Å². The largest absolute Gasteiger partial charge is 0.497 e. The molecule has 0 aliphatic carbocycles. The summed E-state index contributed by atoms with van der Waals surface area (Å²) in [5.41, 5.74) is 5.97. The molecule has 3 rings (SSSR count). The van der Waals surface area contributed by atoms with E-state index in [0.29, 0.717) is 38.2 Å². The number of likely N-dealkylation sites (tertiary alicyclic amines) is 1. The molecule has 0 spiro atoms. The number of carbonyl (C=O) groups is 1. The number of hydrogen-bond acceptors (Lipinski definition) is 5. The molecule has 1 aromatic carbocycles. The van der Waals surface area contributed by atoms with E-state index < -0.39 is 10.0 Å². The lowest BCUT2D eigenvalue weighted by Gasteiger charge is -2.36. The lowest BCUT2D eigenvalue weighted by molar-refractivity contribution is -0.137. The fourth-order valence-corrected chi connectivity index (χ4v) is 5.18. The average molecular weight is 418 g/mol. The molecule has 2 heterocycles. The first-order valence-electron chi connectivity index (χ1n) is 9.10. The van der Waals surface area contributed by atoms with Crippen LogP contribution < -0.4 is 10.5 Å². The van der Waals surface area contributed by atoms with Gasteiger partial charge in [0.15, 0.2) is 0 Å². The fraction of sp³-hybridized carbons (Fsp3) is 0.611. The number of amides is 1. The van der Waals surface area contributed by atoms with Gasteiger partial charge in [0.05, 0.1) is 12.0 Å². The Morgan fingerprint density at radius 1 is 1.11 bits per heavy atom. The predicted molar refractivity (Wildman–Crippen MR) is 106 cm³/mol. The molecule has 152 valence electrons. The maximum Gasteiger partial charge on any atom is 0.243 e. The molecule has 1 unspecified atom stereocenters. The maximum atomic E-state index is 12.8. The number of nitrogens with zero attached hydrogens (tertiary/aromatic N) is 2. The molecule has 2 fully saturated rings. The molecule has 2 aliphatic rings. The van der Waals surface area contributed by atoms with E-state index in [-0.39, 0.29) is 35.2 Å². The van der Waals surface area contributed by atoms with Crippen LogP contribution >= 0.6 is 12.4 Å². The molecule has 27 heavy (non-hydrogen) atoms. The number of nitrogens with two attached hydrogens (primary N) is 1. The van der Waals surface area contributed by atoms with Gasteiger partial charge in [-0.25, -0.2) is 8.42 Å². The highest BCUT2D eigenvalue weighted by Crippen LogP contribution is 2.26. The van der Waals surface area contributed by atoms with Crippen LogP contribution in [-0.2, 0) is 14.8 Å². The number of rotatable bonds is 4. The van der Waals surface area contributed by atoms with E-state index in [9.17, 15) is 13.2 Å². The third-order valence-electron chi connectivity index (χ3n) is 5.27. The van der Waals surface area contributed by atoms with Gasteiger partial charge in [-0.3, -0.25) is 4.79 Å². The number of ether oxygens (including phenoxy) is 1. The van der Waals surface area contributed by atoms with Gasteiger partial charge in [-0.05, 0) is 49.9 Å². The molecule has 1 atom stereocenters. The molecule has 0 radical (unpaired) electrons. The first kappa shape index (κ1) is 21.9. The predicted octanol–water partition coefficient (Wildman–Crippen LogP) is 1.47. The van der Waals surface area contributed by atoms with Gasteiger partial charge in [0.1, 0.15) is 5.75 Å². The van der Waals surface area contributed by atoms with Crippen molar-refractivity contribution in [3.05, 3.63) is 24.3 Å². The summed E-state index contributed by atoms with van der Waals surface area (Å²) in [6.07, 6.45) is 3.01. The van der Waals surface area contributed by atoms with Gasteiger partial charge >= 0.3 is 0 Å². The number of sulfonamides is 1. The second-order valence-corrected chi connectivity index (χ2v) is 8.98. The van der Waals surface area contributed by atoms with E-state index in [0.717, 1.165) is 19.4 Å². The summed E-state index contributed by atoms with van der Waals surface area (Å²) in [6.45, 7) is 2.11. The van der Waals surface area contributed by atoms with Crippen molar-refractivity contribution < 1.29 is 17.9 Å². The quantitative estimate of drug-likeness (QED) is 0.800. The molecule has 9 heteroatoms. The third-order valence-corrected chi connectivity index (χ3v) is 7.18. The van der Waals surface area contributed by atoms with E-state index in [4.69, 9.17) is 10.5 Å². The Labute approximate surface area is 167 Å². The lowest BCUT2D eigenvalue weighted by atomic mass is 9.95. The van der Waals surface area contributed by atoms with Gasteiger partial charge in [0, 0.05) is 38.1 Å². The Hall–Kier alpha value is -1.35. The zero-order chi connectivity index (χ0) is 18.7. The number of carbonyl (C=O) groups excluding carboxylic acids is 1. The molecule has 2 aliphatic heterocycles. The van der Waals surface area contributed by atoms with Crippen LogP contribution in [0.1, 0.15) is 25.7 Å². The number of methoxy groups -OCH3 is 1. The van der Waals surface area contributed by atoms with Gasteiger partial charge in [0.25, 0.3) is 0 Å². The minimum absolute atomic E-state index is 0. The highest BCUT2D eigenvalue weighted by Gasteiger charge is 2.34. The Morgan fingerprint density at radius 2 is 1.74 bits per heavy atom. The summed E-state index contributed by atoms with van der Waals surface area (Å²) >= 11 is 0. The normalized spacial score (nSPS) is 22.1. The van der Waals surface area contributed by atoms with Gasteiger partial charge in [-0.15, -0.1) is 12.4 Å². The van der Waals surface area contributed by atoms with E-state index >= 15 is 0 Å². The van der Waals surface area contributed by atoms with Crippen LogP contribution in [0.15, 0.2) is 29.2 Å². The summed E-state index contributed by atoms with van der Waals surface area (Å²) in [6, 6.07) is 6.45. The van der Waals surface area contributed by atoms with Crippen molar-refractivity contribution in [3.63, 3.8) is 0 Å². The van der Waals surface area contributed by atoms with Crippen molar-refractivity contribution in [2.24, 2.45) is 11.7 Å². The smallest absolute Gasteiger partial charge is 0.243 e. The lowest BCUT2D eigenvalue weighted by Crippen LogP contribution is -2.50. The zero-order valence-corrected chi connectivity index (χ0v) is 17.2. The standard InChI is InChI=1S/C18H27N3O4S.ClH/c1-25-16-4-6-17(7-5-16)26(23,24)21-11-8-14(9-12-21)18(22)20-10-2-3-15(19)13-20;/h4-7,14-15H,2-3,8-13,19H2,1H3;1H. The molecule has 7 nitrogen and oxygen atoms in total. The van der Waals surface area contributed by atoms with E-state index in [1.807, 2.05) is 4.90 Å². The number of benzene rings is 1. The first-order chi connectivity index (χ1) is 12.4. The number of hydrogen-bond donors (Lipinski definition) is 1. The minimum atomic E-state index is -3.54. The van der Waals surface area contributed by atoms with Crippen LogP contribution in [0.2, 0.25) is 0 Å². The molecular weight excluding hydrogens is 390 g/mol. The molecule has 0 bridgehead atoms. The van der Waals surface area contributed by atoms with Crippen LogP contribution in [0.5, 0.6) is 5.75 Å². The van der Waals surface area contributed by atoms with Crippen LogP contribution in [0.4, 0.5) is 0 Å². The molecular formula is C18H28ClN3O4S. The molecule has 0 aromatic heterocycles. The van der Waals surface area contributed by atoms with Crippen LogP contribution in [0, 0.1) is 5.92 Å². The minimum Gasteiger partial charge on any atom is -0.497 e. The SMILES string of the molecule is COc1ccc(S(=O)(=O)N2CCC(C(=O)N3CCCC(N)C3)CC2)cc1.Cl. The van der Waals surface area contributed by atoms with Crippen molar-refractivity contribution in [1.29, 1.82) is 0 Å². The molecule has 2 saturated heterocycles. The van der Waals surface area contributed by atoms with Crippen molar-refractivity contribution >= 4 is 28.3 Å². The Bertz CT molecular complexity index is 733. The van der Waals surface area contributed by atoms with Crippen LogP contribution in [-0.4, -0.2) is 62.9 Å². The van der Waals surface area contributed by atoms with Crippen LogP contribution in [0.3, 0.4) is 0 Å². The third kappa shape index (κ3) is 4.93. The summed E-state index contributed by atoms with van der Waals surface area (Å²) in [7, 11) is -1.99. The summed E-state index contributed by atoms with van der Waals surface area (Å²) in [4.78, 5) is 14.8. The maximum absolute atomic E-state index is 12.8. The van der Waals surface area contributed by atoms with Crippen molar-refractivity contribution in [3.8, 4) is 5.75 Å². The van der Waals surface area contributed by atoms with E-state index in [1.165, 1.54) is 4.31 Å². The Morgan fingerprint density at radius 3 is 2.30 bits per heavy atom. The van der Waals surface area contributed by atoms with Crippen molar-refractivity contribution in [1.82, 2.24) is 9.21 Å². The van der Waals surface area contributed by atoms with Crippen molar-refractivity contribution in [2.45, 2.75) is 36.6 Å². The number of halogens is 1. The monoisotopic (exact) mass is 417 g/mol. The Balaban J connectivity index is 0.00000261. The average Bonchev–Trinajstić information content (AvgIpc) is 2.67. The number of piperidine rings is 2. The fourth-order valence-electron chi connectivity index (χ4n) is 3.71. The Kier molecular flexibility index (Phi) is 7.50. The highest BCUT2D eigenvalue weighted by molar-refractivity contribution is 7.89. The molecule has 1 aromatic rings. The topological polar surface area (TPSA) is 92.9 Å². The molecule has 0 saturated carbocycles.